The van der Waals surface area contributed by atoms with Crippen LogP contribution < -0.4 is 5.32 Å². The van der Waals surface area contributed by atoms with E-state index in [0.29, 0.717) is 0 Å². The third kappa shape index (κ3) is 5.46. The number of halogens is 2. The summed E-state index contributed by atoms with van der Waals surface area (Å²) in [6.07, 6.45) is 1.26. The maximum absolute atomic E-state index is 13.0. The molecule has 0 aliphatic rings. The van der Waals surface area contributed by atoms with Gasteiger partial charge >= 0.3 is 0 Å². The van der Waals surface area contributed by atoms with E-state index in [9.17, 15) is 4.39 Å². The first-order valence-electron chi connectivity index (χ1n) is 6.30. The van der Waals surface area contributed by atoms with Crippen LogP contribution in [0.4, 0.5) is 4.39 Å². The molecule has 4 heteroatoms. The molecule has 2 nitrogen and oxygen atoms in total. The maximum Gasteiger partial charge on any atom is 0.124 e. The first-order chi connectivity index (χ1) is 8.50. The molecule has 0 saturated heterocycles. The zero-order valence-electron chi connectivity index (χ0n) is 11.2. The van der Waals surface area contributed by atoms with Crippen molar-refractivity contribution in [3.8, 4) is 0 Å². The van der Waals surface area contributed by atoms with Crippen LogP contribution in [-0.4, -0.2) is 19.3 Å². The van der Waals surface area contributed by atoms with Crippen LogP contribution in [0.3, 0.4) is 0 Å². The minimum Gasteiger partial charge on any atom is -0.379 e. The Morgan fingerprint density at radius 1 is 1.33 bits per heavy atom. The van der Waals surface area contributed by atoms with Crippen LogP contribution in [0, 0.1) is 5.82 Å². The average molecular weight is 318 g/mol. The van der Waals surface area contributed by atoms with Crippen molar-refractivity contribution in [1.29, 1.82) is 0 Å². The van der Waals surface area contributed by atoms with E-state index < -0.39 is 0 Å². The Hall–Kier alpha value is -0.450. The summed E-state index contributed by atoms with van der Waals surface area (Å²) < 4.78 is 19.2. The fourth-order valence-electron chi connectivity index (χ4n) is 1.67. The lowest BCUT2D eigenvalue weighted by molar-refractivity contribution is 0.0768. The molecule has 0 heterocycles. The highest BCUT2D eigenvalue weighted by atomic mass is 79.9. The average Bonchev–Trinajstić information content (AvgIpc) is 2.27. The van der Waals surface area contributed by atoms with E-state index in [1.165, 1.54) is 12.1 Å². The lowest BCUT2D eigenvalue weighted by atomic mass is 10.1. The zero-order chi connectivity index (χ0) is 13.5. The molecule has 1 aromatic carbocycles. The summed E-state index contributed by atoms with van der Waals surface area (Å²) in [5.41, 5.74) is 1.07. The number of hydrogen-bond donors (Lipinski definition) is 1. The number of nitrogens with one attached hydrogen (secondary N) is 1. The summed E-state index contributed by atoms with van der Waals surface area (Å²) in [7, 11) is 0. The highest BCUT2D eigenvalue weighted by molar-refractivity contribution is 9.10. The van der Waals surface area contributed by atoms with Gasteiger partial charge in [-0.1, -0.05) is 22.0 Å². The van der Waals surface area contributed by atoms with Gasteiger partial charge in [0, 0.05) is 17.1 Å². The van der Waals surface area contributed by atoms with E-state index in [-0.39, 0.29) is 18.0 Å². The van der Waals surface area contributed by atoms with Gasteiger partial charge in [0.2, 0.25) is 0 Å². The van der Waals surface area contributed by atoms with Crippen LogP contribution in [0.5, 0.6) is 0 Å². The quantitative estimate of drug-likeness (QED) is 0.766. The van der Waals surface area contributed by atoms with Crippen LogP contribution >= 0.6 is 15.9 Å². The summed E-state index contributed by atoms with van der Waals surface area (Å²) in [6.45, 7) is 7.79. The molecule has 1 unspecified atom stereocenters. The number of ether oxygens (including phenoxy) is 1. The largest absolute Gasteiger partial charge is 0.379 e. The predicted octanol–water partition coefficient (Wildman–Crippen LogP) is 4.05. The number of hydrogen-bond acceptors (Lipinski definition) is 2. The summed E-state index contributed by atoms with van der Waals surface area (Å²) in [5, 5.41) is 3.40. The predicted molar refractivity (Wildman–Crippen MR) is 76.2 cm³/mol. The molecule has 18 heavy (non-hydrogen) atoms. The van der Waals surface area contributed by atoms with Crippen LogP contribution in [0.1, 0.15) is 38.8 Å². The monoisotopic (exact) mass is 317 g/mol. The Labute approximate surface area is 117 Å². The van der Waals surface area contributed by atoms with Crippen LogP contribution in [0.15, 0.2) is 22.7 Å². The molecule has 1 aromatic rings. The summed E-state index contributed by atoms with van der Waals surface area (Å²) in [5.74, 6) is -0.219. The molecule has 0 aromatic heterocycles. The van der Waals surface area contributed by atoms with Crippen molar-refractivity contribution in [2.75, 3.05) is 13.2 Å². The Morgan fingerprint density at radius 2 is 2.06 bits per heavy atom. The van der Waals surface area contributed by atoms with E-state index in [2.05, 4.69) is 28.2 Å². The molecule has 0 radical (unpaired) electrons. The third-order valence-electron chi connectivity index (χ3n) is 2.65. The van der Waals surface area contributed by atoms with Crippen molar-refractivity contribution in [1.82, 2.24) is 5.32 Å². The van der Waals surface area contributed by atoms with E-state index in [4.69, 9.17) is 4.74 Å². The van der Waals surface area contributed by atoms with Crippen LogP contribution in [-0.2, 0) is 4.74 Å². The Kier molecular flexibility index (Phi) is 6.82. The minimum absolute atomic E-state index is 0.194. The molecule has 0 bridgehead atoms. The lowest BCUT2D eigenvalue weighted by Crippen LogP contribution is -2.21. The Bertz CT molecular complexity index is 371. The van der Waals surface area contributed by atoms with Gasteiger partial charge in [0.1, 0.15) is 5.82 Å². The van der Waals surface area contributed by atoms with Gasteiger partial charge in [-0.05, 0) is 51.4 Å². The minimum atomic E-state index is -0.219. The Morgan fingerprint density at radius 3 is 2.67 bits per heavy atom. The first-order valence-corrected chi connectivity index (χ1v) is 7.10. The van der Waals surface area contributed by atoms with Gasteiger partial charge < -0.3 is 10.1 Å². The normalized spacial score (nSPS) is 13.0. The van der Waals surface area contributed by atoms with Gasteiger partial charge in [0.05, 0.1) is 6.10 Å². The molecule has 1 rings (SSSR count). The topological polar surface area (TPSA) is 21.3 Å². The summed E-state index contributed by atoms with van der Waals surface area (Å²) >= 11 is 3.38. The first kappa shape index (κ1) is 15.6. The van der Waals surface area contributed by atoms with Gasteiger partial charge in [-0.15, -0.1) is 0 Å². The fraction of sp³-hybridized carbons (Fsp3) is 0.571. The van der Waals surface area contributed by atoms with Crippen LogP contribution in [0.2, 0.25) is 0 Å². The van der Waals surface area contributed by atoms with Crippen LogP contribution in [0.25, 0.3) is 0 Å². The molecule has 0 amide bonds. The van der Waals surface area contributed by atoms with E-state index in [1.807, 2.05) is 19.9 Å². The standard InChI is InChI=1S/C14H21BrFNO/c1-10(2)18-8-4-7-17-11(3)13-6-5-12(16)9-14(13)15/h5-6,9-11,17H,4,7-8H2,1-3H3. The van der Waals surface area contributed by atoms with Gasteiger partial charge in [0.15, 0.2) is 0 Å². The van der Waals surface area contributed by atoms with Crippen molar-refractivity contribution >= 4 is 15.9 Å². The molecule has 0 saturated carbocycles. The molecule has 0 fully saturated rings. The molecule has 0 aliphatic carbocycles. The molecule has 102 valence electrons. The highest BCUT2D eigenvalue weighted by Crippen LogP contribution is 2.23. The smallest absolute Gasteiger partial charge is 0.124 e. The number of rotatable bonds is 7. The van der Waals surface area contributed by atoms with E-state index in [1.54, 1.807) is 0 Å². The second-order valence-electron chi connectivity index (χ2n) is 4.61. The lowest BCUT2D eigenvalue weighted by Gasteiger charge is -2.16. The van der Waals surface area contributed by atoms with Crippen molar-refractivity contribution in [3.63, 3.8) is 0 Å². The highest BCUT2D eigenvalue weighted by Gasteiger charge is 2.09. The van der Waals surface area contributed by atoms with Crippen molar-refractivity contribution < 1.29 is 9.13 Å². The second-order valence-corrected chi connectivity index (χ2v) is 5.47. The summed E-state index contributed by atoms with van der Waals surface area (Å²) in [6, 6.07) is 4.98. The van der Waals surface area contributed by atoms with Gasteiger partial charge in [0.25, 0.3) is 0 Å². The molecular weight excluding hydrogens is 297 g/mol. The zero-order valence-corrected chi connectivity index (χ0v) is 12.8. The summed E-state index contributed by atoms with van der Waals surface area (Å²) in [4.78, 5) is 0. The second kappa shape index (κ2) is 7.87. The van der Waals surface area contributed by atoms with Gasteiger partial charge in [-0.2, -0.15) is 0 Å². The molecule has 0 aliphatic heterocycles. The number of benzene rings is 1. The Balaban J connectivity index is 2.34. The van der Waals surface area contributed by atoms with Crippen molar-refractivity contribution in [2.24, 2.45) is 0 Å². The fourth-order valence-corrected chi connectivity index (χ4v) is 2.37. The van der Waals surface area contributed by atoms with Crippen molar-refractivity contribution in [3.05, 3.63) is 34.1 Å². The van der Waals surface area contributed by atoms with Gasteiger partial charge in [-0.3, -0.25) is 0 Å². The molecular formula is C14H21BrFNO. The SMILES string of the molecule is CC(C)OCCCNC(C)c1ccc(F)cc1Br. The molecule has 1 N–H and O–H groups in total. The molecule has 1 atom stereocenters. The molecule has 0 spiro atoms. The third-order valence-corrected chi connectivity index (χ3v) is 3.34. The van der Waals surface area contributed by atoms with E-state index >= 15 is 0 Å². The maximum atomic E-state index is 13.0. The van der Waals surface area contributed by atoms with Gasteiger partial charge in [-0.25, -0.2) is 4.39 Å². The van der Waals surface area contributed by atoms with E-state index in [0.717, 1.165) is 29.6 Å². The van der Waals surface area contributed by atoms with Crippen molar-refractivity contribution in [2.45, 2.75) is 39.3 Å².